The number of hydrogen-bond donors (Lipinski definition) is 2. The van der Waals surface area contributed by atoms with Gasteiger partial charge in [-0.2, -0.15) is 16.9 Å². The largest absolute Gasteiger partial charge is 0.381 e. The number of hydrogen-bond acceptors (Lipinski definition) is 5. The van der Waals surface area contributed by atoms with Crippen LogP contribution in [0, 0.1) is 0 Å². The minimum absolute atomic E-state index is 0.0147. The summed E-state index contributed by atoms with van der Waals surface area (Å²) in [6.45, 7) is 0. The van der Waals surface area contributed by atoms with Gasteiger partial charge in [-0.3, -0.25) is 4.68 Å². The van der Waals surface area contributed by atoms with Gasteiger partial charge < -0.3 is 5.73 Å². The average Bonchev–Trinajstić information content (AvgIpc) is 2.59. The zero-order valence-electron chi connectivity index (χ0n) is 9.59. The van der Waals surface area contributed by atoms with Gasteiger partial charge in [0, 0.05) is 19.3 Å². The molecule has 0 amide bonds. The molecule has 0 radical (unpaired) electrons. The van der Waals surface area contributed by atoms with Gasteiger partial charge in [-0.15, -0.1) is 0 Å². The Morgan fingerprint density at radius 2 is 2.18 bits per heavy atom. The molecule has 2 heterocycles. The fraction of sp³-hybridized carbons (Fsp3) is 0.667. The van der Waals surface area contributed by atoms with Crippen molar-refractivity contribution in [2.75, 3.05) is 17.2 Å². The van der Waals surface area contributed by atoms with Crippen molar-refractivity contribution in [2.45, 2.75) is 23.8 Å². The Balaban J connectivity index is 2.15. The van der Waals surface area contributed by atoms with Crippen LogP contribution in [0.25, 0.3) is 0 Å². The summed E-state index contributed by atoms with van der Waals surface area (Å²) in [6.07, 6.45) is 3.16. The zero-order valence-corrected chi connectivity index (χ0v) is 11.2. The SMILES string of the molecule is Cn1cc(S(=O)(=O)NC2CCSCC2)c(N)n1. The second-order valence-corrected chi connectivity index (χ2v) is 6.97. The molecule has 0 aromatic carbocycles. The summed E-state index contributed by atoms with van der Waals surface area (Å²) in [5.74, 6) is 2.04. The van der Waals surface area contributed by atoms with Crippen molar-refractivity contribution >= 4 is 27.6 Å². The Morgan fingerprint density at radius 1 is 1.53 bits per heavy atom. The van der Waals surface area contributed by atoms with Gasteiger partial charge in [0.1, 0.15) is 4.90 Å². The molecule has 6 nitrogen and oxygen atoms in total. The first-order valence-electron chi connectivity index (χ1n) is 5.38. The number of nitrogens with two attached hydrogens (primary N) is 1. The Hall–Kier alpha value is -0.730. The van der Waals surface area contributed by atoms with E-state index in [0.717, 1.165) is 24.3 Å². The molecule has 1 aliphatic heterocycles. The number of nitrogens with zero attached hydrogens (tertiary/aromatic N) is 2. The third-order valence-electron chi connectivity index (χ3n) is 2.65. The predicted molar refractivity (Wildman–Crippen MR) is 68.3 cm³/mol. The van der Waals surface area contributed by atoms with Gasteiger partial charge in [-0.1, -0.05) is 0 Å². The van der Waals surface area contributed by atoms with Crippen molar-refractivity contribution in [1.29, 1.82) is 0 Å². The number of rotatable bonds is 3. The molecule has 0 atom stereocenters. The molecule has 1 saturated heterocycles. The van der Waals surface area contributed by atoms with Crippen molar-refractivity contribution in [1.82, 2.24) is 14.5 Å². The molecule has 0 bridgehead atoms. The van der Waals surface area contributed by atoms with Gasteiger partial charge in [-0.25, -0.2) is 13.1 Å². The van der Waals surface area contributed by atoms with Crippen LogP contribution in [-0.2, 0) is 17.1 Å². The molecule has 1 aromatic rings. The number of thioether (sulfide) groups is 1. The molecule has 0 aliphatic carbocycles. The highest BCUT2D eigenvalue weighted by atomic mass is 32.2. The summed E-state index contributed by atoms with van der Waals surface area (Å²) < 4.78 is 28.3. The number of aromatic nitrogens is 2. The molecule has 17 heavy (non-hydrogen) atoms. The maximum atomic E-state index is 12.1. The van der Waals surface area contributed by atoms with Gasteiger partial charge in [0.25, 0.3) is 0 Å². The molecular weight excluding hydrogens is 260 g/mol. The van der Waals surface area contributed by atoms with Crippen LogP contribution in [0.2, 0.25) is 0 Å². The monoisotopic (exact) mass is 276 g/mol. The first-order valence-corrected chi connectivity index (χ1v) is 8.02. The van der Waals surface area contributed by atoms with Crippen molar-refractivity contribution < 1.29 is 8.42 Å². The highest BCUT2D eigenvalue weighted by Gasteiger charge is 2.25. The lowest BCUT2D eigenvalue weighted by atomic mass is 10.2. The number of nitrogens with one attached hydrogen (secondary N) is 1. The number of aryl methyl sites for hydroxylation is 1. The number of anilines is 1. The van der Waals surface area contributed by atoms with Crippen LogP contribution >= 0.6 is 11.8 Å². The third-order valence-corrected chi connectivity index (χ3v) is 5.24. The fourth-order valence-corrected chi connectivity index (χ4v) is 4.30. The van der Waals surface area contributed by atoms with Gasteiger partial charge in [0.15, 0.2) is 5.82 Å². The van der Waals surface area contributed by atoms with E-state index in [4.69, 9.17) is 5.73 Å². The molecule has 2 rings (SSSR count). The van der Waals surface area contributed by atoms with Gasteiger partial charge >= 0.3 is 0 Å². The van der Waals surface area contributed by atoms with E-state index in [0.29, 0.717) is 0 Å². The van der Waals surface area contributed by atoms with E-state index in [-0.39, 0.29) is 16.8 Å². The molecule has 1 fully saturated rings. The quantitative estimate of drug-likeness (QED) is 0.821. The van der Waals surface area contributed by atoms with E-state index in [9.17, 15) is 8.42 Å². The van der Waals surface area contributed by atoms with Crippen LogP contribution in [0.15, 0.2) is 11.1 Å². The first kappa shape index (κ1) is 12.7. The summed E-state index contributed by atoms with van der Waals surface area (Å²) in [4.78, 5) is 0.0678. The molecule has 0 spiro atoms. The molecule has 0 unspecified atom stereocenters. The Kier molecular flexibility index (Phi) is 3.64. The topological polar surface area (TPSA) is 90.0 Å². The number of nitrogen functional groups attached to an aromatic ring is 1. The van der Waals surface area contributed by atoms with E-state index in [1.807, 2.05) is 11.8 Å². The maximum Gasteiger partial charge on any atom is 0.246 e. The van der Waals surface area contributed by atoms with E-state index < -0.39 is 10.0 Å². The third kappa shape index (κ3) is 2.93. The smallest absolute Gasteiger partial charge is 0.246 e. The van der Waals surface area contributed by atoms with E-state index in [1.54, 1.807) is 7.05 Å². The summed E-state index contributed by atoms with van der Waals surface area (Å²) in [5.41, 5.74) is 5.58. The maximum absolute atomic E-state index is 12.1. The molecule has 0 saturated carbocycles. The van der Waals surface area contributed by atoms with Gasteiger partial charge in [0.2, 0.25) is 10.0 Å². The normalized spacial score (nSPS) is 18.4. The zero-order chi connectivity index (χ0) is 12.5. The average molecular weight is 276 g/mol. The standard InChI is InChI=1S/C9H16N4O2S2/c1-13-6-8(9(10)11-13)17(14,15)12-7-2-4-16-5-3-7/h6-7,12H,2-5H2,1H3,(H2,10,11). The second kappa shape index (κ2) is 4.87. The summed E-state index contributed by atoms with van der Waals surface area (Å²) in [6, 6.07) is 0.0147. The molecule has 1 aromatic heterocycles. The lowest BCUT2D eigenvalue weighted by Gasteiger charge is -2.22. The molecule has 3 N–H and O–H groups in total. The molecule has 96 valence electrons. The van der Waals surface area contributed by atoms with Crippen molar-refractivity contribution in [2.24, 2.45) is 7.05 Å². The number of sulfonamides is 1. The fourth-order valence-electron chi connectivity index (χ4n) is 1.79. The highest BCUT2D eigenvalue weighted by molar-refractivity contribution is 7.99. The van der Waals surface area contributed by atoms with Crippen LogP contribution in [-0.4, -0.2) is 35.7 Å². The summed E-state index contributed by atoms with van der Waals surface area (Å²) in [7, 11) is -1.89. The minimum Gasteiger partial charge on any atom is -0.381 e. The van der Waals surface area contributed by atoms with Crippen molar-refractivity contribution in [3.63, 3.8) is 0 Å². The second-order valence-electron chi connectivity index (χ2n) is 4.06. The lowest BCUT2D eigenvalue weighted by molar-refractivity contribution is 0.529. The van der Waals surface area contributed by atoms with E-state index in [1.165, 1.54) is 10.9 Å². The predicted octanol–water partition coefficient (Wildman–Crippen LogP) is 0.176. The summed E-state index contributed by atoms with van der Waals surface area (Å²) in [5, 5.41) is 3.84. The Morgan fingerprint density at radius 3 is 2.71 bits per heavy atom. The molecular formula is C9H16N4O2S2. The van der Waals surface area contributed by atoms with Crippen LogP contribution in [0.3, 0.4) is 0 Å². The Labute approximate surface area is 105 Å². The molecule has 8 heteroatoms. The Bertz CT molecular complexity index is 491. The van der Waals surface area contributed by atoms with Crippen LogP contribution < -0.4 is 10.5 Å². The summed E-state index contributed by atoms with van der Waals surface area (Å²) >= 11 is 1.85. The highest BCUT2D eigenvalue weighted by Crippen LogP contribution is 2.21. The van der Waals surface area contributed by atoms with E-state index >= 15 is 0 Å². The van der Waals surface area contributed by atoms with Crippen molar-refractivity contribution in [3.05, 3.63) is 6.20 Å². The van der Waals surface area contributed by atoms with Crippen molar-refractivity contribution in [3.8, 4) is 0 Å². The van der Waals surface area contributed by atoms with Gasteiger partial charge in [-0.05, 0) is 24.3 Å². The van der Waals surface area contributed by atoms with Crippen LogP contribution in [0.1, 0.15) is 12.8 Å². The van der Waals surface area contributed by atoms with Gasteiger partial charge in [0.05, 0.1) is 0 Å². The van der Waals surface area contributed by atoms with Crippen LogP contribution in [0.4, 0.5) is 5.82 Å². The van der Waals surface area contributed by atoms with Crippen LogP contribution in [0.5, 0.6) is 0 Å². The lowest BCUT2D eigenvalue weighted by Crippen LogP contribution is -2.37. The first-order chi connectivity index (χ1) is 7.99. The minimum atomic E-state index is -3.54. The molecule has 1 aliphatic rings. The van der Waals surface area contributed by atoms with E-state index in [2.05, 4.69) is 9.82 Å².